The van der Waals surface area contributed by atoms with Gasteiger partial charge in [-0.25, -0.2) is 0 Å². The zero-order valence-electron chi connectivity index (χ0n) is 15.3. The Labute approximate surface area is 158 Å². The van der Waals surface area contributed by atoms with Crippen LogP contribution in [0.4, 0.5) is 0 Å². The van der Waals surface area contributed by atoms with Gasteiger partial charge in [-0.05, 0) is 46.7 Å². The van der Waals surface area contributed by atoms with Crippen molar-refractivity contribution in [1.29, 1.82) is 0 Å². The van der Waals surface area contributed by atoms with E-state index in [-0.39, 0.29) is 0 Å². The van der Waals surface area contributed by atoms with Crippen molar-refractivity contribution >= 4 is 27.4 Å². The molecule has 4 aromatic rings. The van der Waals surface area contributed by atoms with Gasteiger partial charge < -0.3 is 0 Å². The number of hydrogen-bond donors (Lipinski definition) is 0. The van der Waals surface area contributed by atoms with Crippen molar-refractivity contribution in [2.75, 3.05) is 0 Å². The van der Waals surface area contributed by atoms with Crippen molar-refractivity contribution in [3.05, 3.63) is 90.8 Å². The van der Waals surface area contributed by atoms with Crippen LogP contribution >= 0.6 is 0 Å². The maximum Gasteiger partial charge on any atom is 0.0970 e. The highest BCUT2D eigenvalue weighted by atomic mass is 14.7. The normalized spacial score (nSPS) is 16.6. The van der Waals surface area contributed by atoms with Crippen molar-refractivity contribution in [2.24, 2.45) is 5.92 Å². The van der Waals surface area contributed by atoms with Crippen LogP contribution in [0.2, 0.25) is 0 Å². The van der Waals surface area contributed by atoms with Crippen LogP contribution in [-0.2, 0) is 0 Å². The van der Waals surface area contributed by atoms with Crippen molar-refractivity contribution in [1.82, 2.24) is 9.97 Å². The minimum atomic E-state index is 0.514. The molecule has 0 N–H and O–H groups in total. The number of allylic oxidation sites excluding steroid dienone is 4. The standard InChI is InChI=1S/C25H20N2/c1-17-7-5-6-10-19(17)21-14-16-27-25-23(21)12-11-22-20(13-15-26-24(22)25)18-8-3-2-4-9-18/h2-6,8-17H,7H2,1H3. The number of rotatable bonds is 2. The lowest BCUT2D eigenvalue weighted by molar-refractivity contribution is 0.759. The summed E-state index contributed by atoms with van der Waals surface area (Å²) in [7, 11) is 0. The summed E-state index contributed by atoms with van der Waals surface area (Å²) in [5.74, 6) is 0.514. The molecular formula is C25H20N2. The highest BCUT2D eigenvalue weighted by Crippen LogP contribution is 2.36. The first-order valence-electron chi connectivity index (χ1n) is 9.42. The van der Waals surface area contributed by atoms with Gasteiger partial charge in [-0.1, -0.05) is 67.6 Å². The Bertz CT molecular complexity index is 1200. The highest BCUT2D eigenvalue weighted by Gasteiger charge is 2.16. The summed E-state index contributed by atoms with van der Waals surface area (Å²) in [5.41, 5.74) is 6.99. The van der Waals surface area contributed by atoms with E-state index >= 15 is 0 Å². The monoisotopic (exact) mass is 348 g/mol. The van der Waals surface area contributed by atoms with Crippen LogP contribution in [0.15, 0.2) is 85.2 Å². The summed E-state index contributed by atoms with van der Waals surface area (Å²) < 4.78 is 0. The minimum absolute atomic E-state index is 0.514. The Kier molecular flexibility index (Phi) is 3.83. The van der Waals surface area contributed by atoms with E-state index in [0.29, 0.717) is 5.92 Å². The van der Waals surface area contributed by atoms with Crippen LogP contribution in [0.1, 0.15) is 18.9 Å². The van der Waals surface area contributed by atoms with Crippen molar-refractivity contribution in [3.8, 4) is 11.1 Å². The predicted molar refractivity (Wildman–Crippen MR) is 113 cm³/mol. The molecule has 2 heteroatoms. The second-order valence-electron chi connectivity index (χ2n) is 7.13. The van der Waals surface area contributed by atoms with Crippen LogP contribution in [0.5, 0.6) is 0 Å². The van der Waals surface area contributed by atoms with E-state index in [1.165, 1.54) is 27.6 Å². The predicted octanol–water partition coefficient (Wildman–Crippen LogP) is 6.43. The fraction of sp³-hybridized carbons (Fsp3) is 0.120. The Hall–Kier alpha value is -3.26. The number of nitrogens with zero attached hydrogens (tertiary/aromatic N) is 2. The van der Waals surface area contributed by atoms with Gasteiger partial charge in [0.15, 0.2) is 0 Å². The number of fused-ring (bicyclic) bond motifs is 3. The Morgan fingerprint density at radius 2 is 1.44 bits per heavy atom. The molecule has 2 nitrogen and oxygen atoms in total. The van der Waals surface area contributed by atoms with Gasteiger partial charge in [0.25, 0.3) is 0 Å². The first kappa shape index (κ1) is 16.0. The van der Waals surface area contributed by atoms with Crippen LogP contribution in [0, 0.1) is 5.92 Å². The van der Waals surface area contributed by atoms with E-state index < -0.39 is 0 Å². The second kappa shape index (κ2) is 6.48. The number of benzene rings is 2. The fourth-order valence-corrected chi connectivity index (χ4v) is 4.05. The van der Waals surface area contributed by atoms with Gasteiger partial charge in [0.1, 0.15) is 0 Å². The average Bonchev–Trinajstić information content (AvgIpc) is 2.74. The minimum Gasteiger partial charge on any atom is -0.254 e. The first-order chi connectivity index (χ1) is 13.3. The molecule has 1 atom stereocenters. The van der Waals surface area contributed by atoms with Gasteiger partial charge in [0, 0.05) is 23.2 Å². The van der Waals surface area contributed by atoms with E-state index in [2.05, 4.69) is 73.7 Å². The summed E-state index contributed by atoms with van der Waals surface area (Å²) in [6.45, 7) is 2.29. The SMILES string of the molecule is CC1CC=CC=C1c1ccnc2c1ccc1c(-c3ccccc3)ccnc12. The van der Waals surface area contributed by atoms with Gasteiger partial charge in [-0.2, -0.15) is 0 Å². The molecule has 0 saturated carbocycles. The quantitative estimate of drug-likeness (QED) is 0.390. The molecule has 0 radical (unpaired) electrons. The third kappa shape index (κ3) is 2.65. The highest BCUT2D eigenvalue weighted by molar-refractivity contribution is 6.10. The second-order valence-corrected chi connectivity index (χ2v) is 7.13. The molecule has 0 saturated heterocycles. The molecule has 0 aliphatic heterocycles. The molecule has 2 heterocycles. The average molecular weight is 348 g/mol. The zero-order valence-corrected chi connectivity index (χ0v) is 15.3. The number of pyridine rings is 2. The Morgan fingerprint density at radius 1 is 0.778 bits per heavy atom. The molecule has 1 unspecified atom stereocenters. The molecule has 0 bridgehead atoms. The van der Waals surface area contributed by atoms with Crippen LogP contribution in [0.3, 0.4) is 0 Å². The van der Waals surface area contributed by atoms with E-state index in [0.717, 1.165) is 22.8 Å². The summed E-state index contributed by atoms with van der Waals surface area (Å²) >= 11 is 0. The molecule has 0 spiro atoms. The van der Waals surface area contributed by atoms with Gasteiger partial charge in [-0.15, -0.1) is 0 Å². The fourth-order valence-electron chi connectivity index (χ4n) is 4.05. The van der Waals surface area contributed by atoms with Gasteiger partial charge >= 0.3 is 0 Å². The molecule has 5 rings (SSSR count). The van der Waals surface area contributed by atoms with E-state index in [1.54, 1.807) is 0 Å². The van der Waals surface area contributed by atoms with Crippen molar-refractivity contribution < 1.29 is 0 Å². The topological polar surface area (TPSA) is 25.8 Å². The van der Waals surface area contributed by atoms with Gasteiger partial charge in [0.2, 0.25) is 0 Å². The van der Waals surface area contributed by atoms with Crippen molar-refractivity contribution in [3.63, 3.8) is 0 Å². The van der Waals surface area contributed by atoms with E-state index in [1.807, 2.05) is 18.5 Å². The Balaban J connectivity index is 1.79. The summed E-state index contributed by atoms with van der Waals surface area (Å²) in [4.78, 5) is 9.42. The summed E-state index contributed by atoms with van der Waals surface area (Å²) in [6.07, 6.45) is 11.5. The maximum atomic E-state index is 4.72. The molecule has 1 aliphatic carbocycles. The van der Waals surface area contributed by atoms with Gasteiger partial charge in [-0.3, -0.25) is 9.97 Å². The molecule has 2 aromatic carbocycles. The molecule has 2 aromatic heterocycles. The lowest BCUT2D eigenvalue weighted by Gasteiger charge is -2.19. The largest absolute Gasteiger partial charge is 0.254 e. The zero-order chi connectivity index (χ0) is 18.2. The molecule has 130 valence electrons. The molecular weight excluding hydrogens is 328 g/mol. The molecule has 0 fully saturated rings. The smallest absolute Gasteiger partial charge is 0.0970 e. The summed E-state index contributed by atoms with van der Waals surface area (Å²) in [5, 5.41) is 2.32. The molecule has 1 aliphatic rings. The lowest BCUT2D eigenvalue weighted by Crippen LogP contribution is -2.02. The van der Waals surface area contributed by atoms with Crippen LogP contribution in [0.25, 0.3) is 38.5 Å². The Morgan fingerprint density at radius 3 is 2.15 bits per heavy atom. The van der Waals surface area contributed by atoms with Crippen molar-refractivity contribution in [2.45, 2.75) is 13.3 Å². The number of hydrogen-bond acceptors (Lipinski definition) is 2. The molecule has 0 amide bonds. The maximum absolute atomic E-state index is 4.72. The first-order valence-corrected chi connectivity index (χ1v) is 9.42. The lowest BCUT2D eigenvalue weighted by atomic mass is 9.86. The summed E-state index contributed by atoms with van der Waals surface area (Å²) in [6, 6.07) is 19.1. The van der Waals surface area contributed by atoms with E-state index in [9.17, 15) is 0 Å². The van der Waals surface area contributed by atoms with E-state index in [4.69, 9.17) is 9.97 Å². The third-order valence-corrected chi connectivity index (χ3v) is 5.45. The third-order valence-electron chi connectivity index (χ3n) is 5.45. The molecule has 27 heavy (non-hydrogen) atoms. The van der Waals surface area contributed by atoms with Gasteiger partial charge in [0.05, 0.1) is 11.0 Å². The number of aromatic nitrogens is 2. The van der Waals surface area contributed by atoms with Crippen LogP contribution < -0.4 is 0 Å². The van der Waals surface area contributed by atoms with Crippen LogP contribution in [-0.4, -0.2) is 9.97 Å².